The van der Waals surface area contributed by atoms with Crippen molar-refractivity contribution in [1.29, 1.82) is 0 Å². The van der Waals surface area contributed by atoms with Gasteiger partial charge in [0.1, 0.15) is 0 Å². The van der Waals surface area contributed by atoms with Crippen molar-refractivity contribution < 1.29 is 10.2 Å². The Morgan fingerprint density at radius 1 is 1.15 bits per heavy atom. The van der Waals surface area contributed by atoms with E-state index in [1.165, 1.54) is 0 Å². The van der Waals surface area contributed by atoms with Gasteiger partial charge in [0.05, 0.1) is 0 Å². The number of hydrogen-bond donors (Lipinski definition) is 3. The molecule has 20 heavy (non-hydrogen) atoms. The molecule has 1 saturated heterocycles. The SMILES string of the molecule is CC(C)(C)c1cc(O)c(O)c(CCN2CCNCC2)c1. The fourth-order valence-corrected chi connectivity index (χ4v) is 2.51. The van der Waals surface area contributed by atoms with Gasteiger partial charge in [-0.05, 0) is 29.0 Å². The number of phenols is 2. The molecule has 1 aromatic rings. The zero-order valence-electron chi connectivity index (χ0n) is 12.7. The van der Waals surface area contributed by atoms with E-state index >= 15 is 0 Å². The quantitative estimate of drug-likeness (QED) is 0.739. The summed E-state index contributed by atoms with van der Waals surface area (Å²) in [6, 6.07) is 3.70. The summed E-state index contributed by atoms with van der Waals surface area (Å²) < 4.78 is 0. The van der Waals surface area contributed by atoms with Gasteiger partial charge in [-0.3, -0.25) is 0 Å². The first-order valence-corrected chi connectivity index (χ1v) is 7.36. The van der Waals surface area contributed by atoms with Crippen LogP contribution in [0.25, 0.3) is 0 Å². The van der Waals surface area contributed by atoms with Crippen LogP contribution in [0.15, 0.2) is 12.1 Å². The first kappa shape index (κ1) is 15.1. The van der Waals surface area contributed by atoms with Crippen molar-refractivity contribution in [3.8, 4) is 11.5 Å². The monoisotopic (exact) mass is 278 g/mol. The maximum atomic E-state index is 10.0. The number of aromatic hydroxyl groups is 2. The third-order valence-corrected chi connectivity index (χ3v) is 3.94. The normalized spacial score (nSPS) is 17.4. The predicted octanol–water partition coefficient (Wildman–Crippen LogP) is 1.84. The number of hydrogen-bond acceptors (Lipinski definition) is 4. The number of phenolic OH excluding ortho intramolecular Hbond substituents is 2. The van der Waals surface area contributed by atoms with E-state index < -0.39 is 0 Å². The molecule has 4 heteroatoms. The van der Waals surface area contributed by atoms with Gasteiger partial charge in [0.25, 0.3) is 0 Å². The van der Waals surface area contributed by atoms with Gasteiger partial charge in [0.15, 0.2) is 11.5 Å². The van der Waals surface area contributed by atoms with Crippen LogP contribution in [0.4, 0.5) is 0 Å². The highest BCUT2D eigenvalue weighted by Gasteiger charge is 2.19. The molecular weight excluding hydrogens is 252 g/mol. The summed E-state index contributed by atoms with van der Waals surface area (Å²) in [6.07, 6.45) is 0.767. The second-order valence-corrected chi connectivity index (χ2v) is 6.59. The lowest BCUT2D eigenvalue weighted by atomic mass is 9.85. The molecule has 1 fully saturated rings. The summed E-state index contributed by atoms with van der Waals surface area (Å²) in [7, 11) is 0. The number of benzene rings is 1. The lowest BCUT2D eigenvalue weighted by Crippen LogP contribution is -2.44. The van der Waals surface area contributed by atoms with Crippen LogP contribution in [-0.2, 0) is 11.8 Å². The van der Waals surface area contributed by atoms with E-state index in [-0.39, 0.29) is 16.9 Å². The van der Waals surface area contributed by atoms with Gasteiger partial charge >= 0.3 is 0 Å². The second-order valence-electron chi connectivity index (χ2n) is 6.59. The van der Waals surface area contributed by atoms with Gasteiger partial charge in [-0.1, -0.05) is 26.8 Å². The van der Waals surface area contributed by atoms with Crippen LogP contribution in [-0.4, -0.2) is 47.8 Å². The highest BCUT2D eigenvalue weighted by atomic mass is 16.3. The summed E-state index contributed by atoms with van der Waals surface area (Å²) in [6.45, 7) is 11.4. The molecule has 0 radical (unpaired) electrons. The van der Waals surface area contributed by atoms with Crippen molar-refractivity contribution in [1.82, 2.24) is 10.2 Å². The third-order valence-electron chi connectivity index (χ3n) is 3.94. The van der Waals surface area contributed by atoms with E-state index in [0.29, 0.717) is 0 Å². The number of rotatable bonds is 3. The fourth-order valence-electron chi connectivity index (χ4n) is 2.51. The van der Waals surface area contributed by atoms with Crippen LogP contribution in [0.3, 0.4) is 0 Å². The van der Waals surface area contributed by atoms with Crippen molar-refractivity contribution in [3.63, 3.8) is 0 Å². The lowest BCUT2D eigenvalue weighted by molar-refractivity contribution is 0.243. The number of nitrogens with zero attached hydrogens (tertiary/aromatic N) is 1. The summed E-state index contributed by atoms with van der Waals surface area (Å²) in [5.74, 6) is 0.0286. The molecule has 1 heterocycles. The molecule has 0 aromatic heterocycles. The maximum absolute atomic E-state index is 10.0. The Bertz CT molecular complexity index is 460. The molecule has 0 spiro atoms. The largest absolute Gasteiger partial charge is 0.504 e. The molecule has 0 aliphatic carbocycles. The van der Waals surface area contributed by atoms with Gasteiger partial charge in [-0.2, -0.15) is 0 Å². The Kier molecular flexibility index (Phi) is 4.55. The summed E-state index contributed by atoms with van der Waals surface area (Å²) in [5.41, 5.74) is 1.87. The molecule has 0 atom stereocenters. The molecule has 0 unspecified atom stereocenters. The van der Waals surface area contributed by atoms with Gasteiger partial charge < -0.3 is 20.4 Å². The zero-order valence-corrected chi connectivity index (χ0v) is 12.7. The molecule has 0 bridgehead atoms. The lowest BCUT2D eigenvalue weighted by Gasteiger charge is -2.27. The molecule has 2 rings (SSSR count). The molecule has 1 aliphatic heterocycles. The molecule has 112 valence electrons. The smallest absolute Gasteiger partial charge is 0.160 e. The zero-order chi connectivity index (χ0) is 14.8. The topological polar surface area (TPSA) is 55.7 Å². The van der Waals surface area contributed by atoms with Gasteiger partial charge in [0.2, 0.25) is 0 Å². The third kappa shape index (κ3) is 3.64. The summed E-state index contributed by atoms with van der Waals surface area (Å²) in [5, 5.41) is 23.3. The van der Waals surface area contributed by atoms with E-state index in [0.717, 1.165) is 50.3 Å². The first-order valence-electron chi connectivity index (χ1n) is 7.36. The standard InChI is InChI=1S/C16H26N2O2/c1-16(2,3)13-10-12(15(20)14(19)11-13)4-7-18-8-5-17-6-9-18/h10-11,17,19-20H,4-9H2,1-3H3. The number of nitrogens with one attached hydrogen (secondary N) is 1. The van der Waals surface area contributed by atoms with E-state index in [4.69, 9.17) is 0 Å². The van der Waals surface area contributed by atoms with Gasteiger partial charge in [-0.25, -0.2) is 0 Å². The van der Waals surface area contributed by atoms with Crippen molar-refractivity contribution in [3.05, 3.63) is 23.3 Å². The highest BCUT2D eigenvalue weighted by molar-refractivity contribution is 5.49. The van der Waals surface area contributed by atoms with E-state index in [1.807, 2.05) is 6.07 Å². The second kappa shape index (κ2) is 6.02. The average molecular weight is 278 g/mol. The molecule has 0 amide bonds. The molecule has 1 aliphatic rings. The van der Waals surface area contributed by atoms with E-state index in [1.54, 1.807) is 6.07 Å². The highest BCUT2D eigenvalue weighted by Crippen LogP contribution is 2.35. The molecule has 1 aromatic carbocycles. The minimum atomic E-state index is -0.0328. The Morgan fingerprint density at radius 3 is 2.40 bits per heavy atom. The van der Waals surface area contributed by atoms with Crippen LogP contribution in [0, 0.1) is 0 Å². The average Bonchev–Trinajstić information content (AvgIpc) is 2.40. The molecule has 0 saturated carbocycles. The first-order chi connectivity index (χ1) is 9.38. The van der Waals surface area contributed by atoms with Crippen LogP contribution < -0.4 is 5.32 Å². The van der Waals surface area contributed by atoms with Crippen LogP contribution in [0.1, 0.15) is 31.9 Å². The van der Waals surface area contributed by atoms with Crippen LogP contribution in [0.2, 0.25) is 0 Å². The van der Waals surface area contributed by atoms with Crippen molar-refractivity contribution >= 4 is 0 Å². The summed E-state index contributed by atoms with van der Waals surface area (Å²) in [4.78, 5) is 2.39. The predicted molar refractivity (Wildman–Crippen MR) is 81.5 cm³/mol. The van der Waals surface area contributed by atoms with Crippen molar-refractivity contribution in [2.75, 3.05) is 32.7 Å². The van der Waals surface area contributed by atoms with E-state index in [2.05, 4.69) is 31.0 Å². The molecule has 4 nitrogen and oxygen atoms in total. The molecular formula is C16H26N2O2. The fraction of sp³-hybridized carbons (Fsp3) is 0.625. The Morgan fingerprint density at radius 2 is 1.80 bits per heavy atom. The Labute approximate surface area is 121 Å². The van der Waals surface area contributed by atoms with Crippen LogP contribution >= 0.6 is 0 Å². The van der Waals surface area contributed by atoms with Crippen LogP contribution in [0.5, 0.6) is 11.5 Å². The Hall–Kier alpha value is -1.26. The van der Waals surface area contributed by atoms with Gasteiger partial charge in [0, 0.05) is 32.7 Å². The van der Waals surface area contributed by atoms with Gasteiger partial charge in [-0.15, -0.1) is 0 Å². The summed E-state index contributed by atoms with van der Waals surface area (Å²) >= 11 is 0. The Balaban J connectivity index is 2.11. The minimum Gasteiger partial charge on any atom is -0.504 e. The van der Waals surface area contributed by atoms with Crippen molar-refractivity contribution in [2.24, 2.45) is 0 Å². The number of piperazine rings is 1. The molecule has 3 N–H and O–H groups in total. The van der Waals surface area contributed by atoms with E-state index in [9.17, 15) is 10.2 Å². The maximum Gasteiger partial charge on any atom is 0.160 e. The minimum absolute atomic E-state index is 0.00673. The van der Waals surface area contributed by atoms with Crippen molar-refractivity contribution in [2.45, 2.75) is 32.6 Å².